The summed E-state index contributed by atoms with van der Waals surface area (Å²) in [5, 5.41) is 6.21. The minimum Gasteiger partial charge on any atom is -1.00 e. The highest BCUT2D eigenvalue weighted by atomic mass is 35.5. The van der Waals surface area contributed by atoms with E-state index in [9.17, 15) is 9.59 Å². The van der Waals surface area contributed by atoms with Gasteiger partial charge in [0.15, 0.2) is 12.2 Å². The van der Waals surface area contributed by atoms with E-state index in [0.29, 0.717) is 26.3 Å². The second-order valence-electron chi connectivity index (χ2n) is 5.03. The van der Waals surface area contributed by atoms with Crippen molar-refractivity contribution in [3.8, 4) is 0 Å². The number of nitrogens with one attached hydrogen (secondary N) is 2. The maximum Gasteiger partial charge on any atom is 0.344 e. The standard InChI is InChI=1S/C13H19N4O4.ClH/c18-12(10-7-14-1-5-20-10)16-3-4-17(9-16)13(19)11-8-15-2-6-21-11;/h3-4,9-11,14-15H,1-2,5-8H2;1H/q+1;/p-1. The maximum absolute atomic E-state index is 12.2. The summed E-state index contributed by atoms with van der Waals surface area (Å²) in [6.45, 7) is 3.50. The van der Waals surface area contributed by atoms with E-state index in [-0.39, 0.29) is 24.2 Å². The van der Waals surface area contributed by atoms with Crippen LogP contribution in [-0.2, 0) is 9.47 Å². The van der Waals surface area contributed by atoms with Crippen LogP contribution in [0.1, 0.15) is 9.59 Å². The van der Waals surface area contributed by atoms with Crippen molar-refractivity contribution < 1.29 is 36.0 Å². The topological polar surface area (TPSA) is 85.5 Å². The van der Waals surface area contributed by atoms with Crippen LogP contribution in [0, 0.1) is 0 Å². The Morgan fingerprint density at radius 1 is 1.09 bits per heavy atom. The third-order valence-corrected chi connectivity index (χ3v) is 3.55. The van der Waals surface area contributed by atoms with Gasteiger partial charge >= 0.3 is 11.8 Å². The fourth-order valence-corrected chi connectivity index (χ4v) is 2.40. The van der Waals surface area contributed by atoms with E-state index in [0.717, 1.165) is 13.1 Å². The molecule has 0 spiro atoms. The first-order valence-electron chi connectivity index (χ1n) is 7.08. The molecule has 0 saturated carbocycles. The van der Waals surface area contributed by atoms with E-state index in [1.54, 1.807) is 12.4 Å². The van der Waals surface area contributed by atoms with Crippen molar-refractivity contribution in [1.29, 1.82) is 0 Å². The highest BCUT2D eigenvalue weighted by Gasteiger charge is 2.31. The number of ether oxygens (including phenoxy) is 2. The number of aromatic nitrogens is 2. The average Bonchev–Trinajstić information content (AvgIpc) is 3.05. The molecular weight excluding hydrogens is 312 g/mol. The first-order chi connectivity index (χ1) is 10.3. The lowest BCUT2D eigenvalue weighted by atomic mass is 10.3. The normalized spacial score (nSPS) is 25.3. The number of nitrogens with zero attached hydrogens (tertiary/aromatic N) is 2. The van der Waals surface area contributed by atoms with Crippen LogP contribution in [0.3, 0.4) is 0 Å². The lowest BCUT2D eigenvalue weighted by Crippen LogP contribution is -3.00. The predicted molar refractivity (Wildman–Crippen MR) is 71.1 cm³/mol. The number of morpholine rings is 2. The van der Waals surface area contributed by atoms with Gasteiger partial charge in [0.2, 0.25) is 0 Å². The summed E-state index contributed by atoms with van der Waals surface area (Å²) >= 11 is 0. The molecule has 0 radical (unpaired) electrons. The summed E-state index contributed by atoms with van der Waals surface area (Å²) in [7, 11) is 0. The zero-order chi connectivity index (χ0) is 14.7. The van der Waals surface area contributed by atoms with Gasteiger partial charge in [-0.05, 0) is 0 Å². The summed E-state index contributed by atoms with van der Waals surface area (Å²) in [6.07, 6.45) is 3.58. The largest absolute Gasteiger partial charge is 1.00 e. The molecule has 2 aliphatic rings. The van der Waals surface area contributed by atoms with Crippen molar-refractivity contribution in [3.05, 3.63) is 18.7 Å². The van der Waals surface area contributed by atoms with Gasteiger partial charge in [0.1, 0.15) is 12.4 Å². The van der Waals surface area contributed by atoms with Gasteiger partial charge in [-0.25, -0.2) is 9.59 Å². The van der Waals surface area contributed by atoms with Gasteiger partial charge < -0.3 is 32.5 Å². The number of hydrogen-bond acceptors (Lipinski definition) is 6. The molecule has 2 unspecified atom stereocenters. The van der Waals surface area contributed by atoms with E-state index < -0.39 is 12.2 Å². The smallest absolute Gasteiger partial charge is 0.344 e. The number of halogens is 1. The minimum atomic E-state index is -0.512. The zero-order valence-electron chi connectivity index (χ0n) is 12.0. The Morgan fingerprint density at radius 2 is 1.73 bits per heavy atom. The molecule has 0 aromatic carbocycles. The van der Waals surface area contributed by atoms with Crippen molar-refractivity contribution in [2.45, 2.75) is 12.2 Å². The van der Waals surface area contributed by atoms with Crippen LogP contribution in [-0.4, -0.2) is 68.0 Å². The summed E-state index contributed by atoms with van der Waals surface area (Å²) in [5.74, 6) is -0.368. The molecule has 2 aliphatic heterocycles. The molecule has 1 aromatic heterocycles. The molecule has 9 heteroatoms. The van der Waals surface area contributed by atoms with Crippen LogP contribution < -0.4 is 27.6 Å². The number of carbonyl (C=O) groups is 2. The molecule has 0 amide bonds. The Labute approximate surface area is 134 Å². The number of imidazole rings is 1. The average molecular weight is 331 g/mol. The molecule has 0 aliphatic carbocycles. The molecule has 3 rings (SSSR count). The summed E-state index contributed by atoms with van der Waals surface area (Å²) in [4.78, 5) is 24.5. The third kappa shape index (κ3) is 3.71. The molecular formula is C13H19ClN4O4. The molecule has 0 bridgehead atoms. The molecule has 2 atom stereocenters. The monoisotopic (exact) mass is 330 g/mol. The van der Waals surface area contributed by atoms with Crippen LogP contribution in [0.2, 0.25) is 0 Å². The molecule has 8 nitrogen and oxygen atoms in total. The fourth-order valence-electron chi connectivity index (χ4n) is 2.40. The SMILES string of the molecule is O=C(C1CNCCO1)n1cc[n+](C(=O)C2CNCCO2)c1.[Cl-]. The molecule has 122 valence electrons. The van der Waals surface area contributed by atoms with Gasteiger partial charge in [-0.1, -0.05) is 0 Å². The first-order valence-corrected chi connectivity index (χ1v) is 7.08. The van der Waals surface area contributed by atoms with Gasteiger partial charge in [-0.15, -0.1) is 0 Å². The zero-order valence-corrected chi connectivity index (χ0v) is 12.8. The van der Waals surface area contributed by atoms with Gasteiger partial charge in [0, 0.05) is 26.2 Å². The van der Waals surface area contributed by atoms with Gasteiger partial charge in [-0.2, -0.15) is 9.13 Å². The van der Waals surface area contributed by atoms with Gasteiger partial charge in [-0.3, -0.25) is 0 Å². The van der Waals surface area contributed by atoms with Crippen molar-refractivity contribution in [3.63, 3.8) is 0 Å². The Hall–Kier alpha value is -1.32. The maximum atomic E-state index is 12.2. The molecule has 22 heavy (non-hydrogen) atoms. The van der Waals surface area contributed by atoms with E-state index in [2.05, 4.69) is 10.6 Å². The number of hydrogen-bond donors (Lipinski definition) is 2. The Bertz CT molecular complexity index is 479. The molecule has 2 saturated heterocycles. The van der Waals surface area contributed by atoms with E-state index in [1.165, 1.54) is 15.5 Å². The predicted octanol–water partition coefficient (Wildman–Crippen LogP) is -4.96. The van der Waals surface area contributed by atoms with Crippen LogP contribution >= 0.6 is 0 Å². The molecule has 2 N–H and O–H groups in total. The van der Waals surface area contributed by atoms with Crippen LogP contribution in [0.4, 0.5) is 0 Å². The lowest BCUT2D eigenvalue weighted by Gasteiger charge is -2.20. The quantitative estimate of drug-likeness (QED) is 0.529. The van der Waals surface area contributed by atoms with Gasteiger partial charge in [0.05, 0.1) is 13.2 Å². The van der Waals surface area contributed by atoms with E-state index >= 15 is 0 Å². The van der Waals surface area contributed by atoms with Crippen LogP contribution in [0.25, 0.3) is 0 Å². The third-order valence-electron chi connectivity index (χ3n) is 3.55. The van der Waals surface area contributed by atoms with Gasteiger partial charge in [0.25, 0.3) is 6.33 Å². The highest BCUT2D eigenvalue weighted by molar-refractivity contribution is 5.83. The van der Waals surface area contributed by atoms with Crippen molar-refractivity contribution in [1.82, 2.24) is 15.2 Å². The van der Waals surface area contributed by atoms with E-state index in [1.807, 2.05) is 0 Å². The minimum absolute atomic E-state index is 0. The Kier molecular flexibility index (Phi) is 6.04. The van der Waals surface area contributed by atoms with Crippen molar-refractivity contribution in [2.75, 3.05) is 39.4 Å². The fraction of sp³-hybridized carbons (Fsp3) is 0.615. The summed E-state index contributed by atoms with van der Waals surface area (Å²) in [5.41, 5.74) is 0. The Morgan fingerprint density at radius 3 is 2.32 bits per heavy atom. The van der Waals surface area contributed by atoms with Crippen LogP contribution in [0.5, 0.6) is 0 Å². The summed E-state index contributed by atoms with van der Waals surface area (Å²) in [6, 6.07) is 0. The lowest BCUT2D eigenvalue weighted by molar-refractivity contribution is -0.577. The molecule has 2 fully saturated rings. The number of rotatable bonds is 2. The number of carbonyl (C=O) groups excluding carboxylic acids is 2. The second kappa shape index (κ2) is 7.80. The van der Waals surface area contributed by atoms with Crippen molar-refractivity contribution in [2.24, 2.45) is 0 Å². The van der Waals surface area contributed by atoms with Crippen LogP contribution in [0.15, 0.2) is 18.7 Å². The highest BCUT2D eigenvalue weighted by Crippen LogP contribution is 2.01. The second-order valence-corrected chi connectivity index (χ2v) is 5.03. The van der Waals surface area contributed by atoms with Crippen molar-refractivity contribution >= 4 is 11.8 Å². The Balaban J connectivity index is 0.00000176. The summed E-state index contributed by atoms with van der Waals surface area (Å²) < 4.78 is 13.6. The van der Waals surface area contributed by atoms with E-state index in [4.69, 9.17) is 9.47 Å². The molecule has 3 heterocycles. The molecule has 1 aromatic rings. The first kappa shape index (κ1) is 17.0.